The highest BCUT2D eigenvalue weighted by Gasteiger charge is 2.19. The molecule has 1 atom stereocenters. The first kappa shape index (κ1) is 59.6. The van der Waals surface area contributed by atoms with E-state index in [2.05, 4.69) is 51.2 Å². The number of carbonyl (C=O) groups excluding carboxylic acids is 3. The fourth-order valence-corrected chi connectivity index (χ4v) is 7.79. The zero-order chi connectivity index (χ0) is 45.1. The van der Waals surface area contributed by atoms with E-state index in [4.69, 9.17) is 14.2 Å². The number of ether oxygens (including phenoxy) is 3. The maximum atomic E-state index is 12.7. The van der Waals surface area contributed by atoms with Crippen molar-refractivity contribution < 1.29 is 28.6 Å². The van der Waals surface area contributed by atoms with Gasteiger partial charge in [-0.1, -0.05) is 237 Å². The number of esters is 3. The second-order valence-electron chi connectivity index (χ2n) is 18.1. The third kappa shape index (κ3) is 48.7. The topological polar surface area (TPSA) is 78.9 Å². The summed E-state index contributed by atoms with van der Waals surface area (Å²) in [7, 11) is 0. The first-order chi connectivity index (χ1) is 30.5. The fourth-order valence-electron chi connectivity index (χ4n) is 7.79. The van der Waals surface area contributed by atoms with Crippen LogP contribution in [0.4, 0.5) is 0 Å². The van der Waals surface area contributed by atoms with Crippen molar-refractivity contribution in [2.45, 2.75) is 290 Å². The van der Waals surface area contributed by atoms with Gasteiger partial charge in [0.15, 0.2) is 6.10 Å². The zero-order valence-electron chi connectivity index (χ0n) is 41.4. The summed E-state index contributed by atoms with van der Waals surface area (Å²) in [5, 5.41) is 0. The molecular formula is C56H102O6. The van der Waals surface area contributed by atoms with E-state index < -0.39 is 6.10 Å². The molecule has 0 aromatic carbocycles. The molecule has 0 bridgehead atoms. The standard InChI is InChI=1S/C56H102O6/c1-4-7-10-13-16-19-22-25-26-27-28-29-32-34-37-40-43-46-49-55(58)61-52-53(62-56(59)50-47-44-41-38-35-31-24-21-18-15-12-9-6-3)51-60-54(57)48-45-42-39-36-33-30-23-20-17-14-11-8-5-2/h30-31,33,35,41,44,53H,4-29,32,34,36-40,42-43,45-52H2,1-3H3/b33-30-,35-31-,44-41-. The van der Waals surface area contributed by atoms with Crippen molar-refractivity contribution in [3.8, 4) is 0 Å². The van der Waals surface area contributed by atoms with Crippen molar-refractivity contribution in [2.75, 3.05) is 13.2 Å². The van der Waals surface area contributed by atoms with E-state index in [1.165, 1.54) is 173 Å². The second kappa shape index (κ2) is 51.3. The minimum absolute atomic E-state index is 0.0960. The number of allylic oxidation sites excluding steroid dienone is 6. The molecule has 0 aromatic rings. The summed E-state index contributed by atoms with van der Waals surface area (Å²) in [5.41, 5.74) is 0. The molecule has 0 fully saturated rings. The van der Waals surface area contributed by atoms with Crippen LogP contribution in [0.25, 0.3) is 0 Å². The number of hydrogen-bond donors (Lipinski definition) is 0. The number of rotatable bonds is 49. The molecule has 0 N–H and O–H groups in total. The Kier molecular flexibility index (Phi) is 49.3. The zero-order valence-corrected chi connectivity index (χ0v) is 41.4. The minimum Gasteiger partial charge on any atom is -0.462 e. The summed E-state index contributed by atoms with van der Waals surface area (Å²) in [6.07, 6.45) is 60.0. The van der Waals surface area contributed by atoms with Gasteiger partial charge in [-0.2, -0.15) is 0 Å². The Morgan fingerprint density at radius 3 is 0.984 bits per heavy atom. The molecule has 0 heterocycles. The largest absolute Gasteiger partial charge is 0.462 e. The molecule has 0 saturated heterocycles. The molecule has 362 valence electrons. The summed E-state index contributed by atoms with van der Waals surface area (Å²) in [6, 6.07) is 0. The van der Waals surface area contributed by atoms with Crippen LogP contribution in [0.5, 0.6) is 0 Å². The molecule has 0 saturated carbocycles. The fraction of sp³-hybridized carbons (Fsp3) is 0.839. The lowest BCUT2D eigenvalue weighted by atomic mass is 10.0. The number of hydrogen-bond acceptors (Lipinski definition) is 6. The maximum Gasteiger partial charge on any atom is 0.306 e. The Balaban J connectivity index is 4.38. The molecular weight excluding hydrogens is 769 g/mol. The Hall–Kier alpha value is -2.37. The molecule has 6 nitrogen and oxygen atoms in total. The highest BCUT2D eigenvalue weighted by molar-refractivity contribution is 5.71. The Morgan fingerprint density at radius 1 is 0.323 bits per heavy atom. The Labute approximate surface area is 385 Å². The normalized spacial score (nSPS) is 12.2. The first-order valence-corrected chi connectivity index (χ1v) is 27.0. The molecule has 0 aliphatic rings. The van der Waals surface area contributed by atoms with Crippen LogP contribution in [0.2, 0.25) is 0 Å². The smallest absolute Gasteiger partial charge is 0.306 e. The molecule has 1 unspecified atom stereocenters. The van der Waals surface area contributed by atoms with E-state index >= 15 is 0 Å². The third-order valence-corrected chi connectivity index (χ3v) is 11.9. The van der Waals surface area contributed by atoms with E-state index in [1.54, 1.807) is 0 Å². The van der Waals surface area contributed by atoms with Crippen molar-refractivity contribution in [3.05, 3.63) is 36.5 Å². The van der Waals surface area contributed by atoms with E-state index in [-0.39, 0.29) is 37.5 Å². The first-order valence-electron chi connectivity index (χ1n) is 27.0. The molecule has 0 amide bonds. The average molecular weight is 871 g/mol. The molecule has 6 heteroatoms. The predicted molar refractivity (Wildman–Crippen MR) is 266 cm³/mol. The van der Waals surface area contributed by atoms with Gasteiger partial charge in [0.1, 0.15) is 13.2 Å². The summed E-state index contributed by atoms with van der Waals surface area (Å²) in [5.74, 6) is -0.969. The van der Waals surface area contributed by atoms with Crippen LogP contribution in [0.3, 0.4) is 0 Å². The van der Waals surface area contributed by atoms with E-state index in [0.29, 0.717) is 19.3 Å². The van der Waals surface area contributed by atoms with Gasteiger partial charge in [0, 0.05) is 19.3 Å². The van der Waals surface area contributed by atoms with Gasteiger partial charge in [-0.25, -0.2) is 0 Å². The molecule has 0 rings (SSSR count). The van der Waals surface area contributed by atoms with Crippen molar-refractivity contribution in [3.63, 3.8) is 0 Å². The van der Waals surface area contributed by atoms with Crippen LogP contribution in [0.1, 0.15) is 284 Å². The van der Waals surface area contributed by atoms with Crippen molar-refractivity contribution >= 4 is 17.9 Å². The Bertz CT molecular complexity index is 1050. The molecule has 0 aliphatic heterocycles. The number of unbranched alkanes of at least 4 members (excludes halogenated alkanes) is 32. The van der Waals surface area contributed by atoms with Gasteiger partial charge in [0.25, 0.3) is 0 Å². The van der Waals surface area contributed by atoms with Crippen molar-refractivity contribution in [1.29, 1.82) is 0 Å². The minimum atomic E-state index is -0.804. The maximum absolute atomic E-state index is 12.7. The molecule has 0 spiro atoms. The van der Waals surface area contributed by atoms with Crippen LogP contribution in [-0.2, 0) is 28.6 Å². The number of carbonyl (C=O) groups is 3. The lowest BCUT2D eigenvalue weighted by Gasteiger charge is -2.18. The lowest BCUT2D eigenvalue weighted by molar-refractivity contribution is -0.166. The van der Waals surface area contributed by atoms with Gasteiger partial charge >= 0.3 is 17.9 Å². The molecule has 0 aromatic heterocycles. The summed E-state index contributed by atoms with van der Waals surface area (Å²) >= 11 is 0. The second-order valence-corrected chi connectivity index (χ2v) is 18.1. The quantitative estimate of drug-likeness (QED) is 0.0262. The highest BCUT2D eigenvalue weighted by Crippen LogP contribution is 2.16. The van der Waals surface area contributed by atoms with Crippen LogP contribution >= 0.6 is 0 Å². The van der Waals surface area contributed by atoms with E-state index in [1.807, 2.05) is 6.08 Å². The predicted octanol–water partition coefficient (Wildman–Crippen LogP) is 17.7. The van der Waals surface area contributed by atoms with Crippen molar-refractivity contribution in [1.82, 2.24) is 0 Å². The van der Waals surface area contributed by atoms with E-state index in [9.17, 15) is 14.4 Å². The lowest BCUT2D eigenvalue weighted by Crippen LogP contribution is -2.30. The van der Waals surface area contributed by atoms with Gasteiger partial charge in [-0.05, 0) is 64.2 Å². The average Bonchev–Trinajstić information content (AvgIpc) is 3.27. The summed E-state index contributed by atoms with van der Waals surface area (Å²) in [4.78, 5) is 37.9. The highest BCUT2D eigenvalue weighted by atomic mass is 16.6. The summed E-state index contributed by atoms with van der Waals surface area (Å²) < 4.78 is 16.7. The van der Waals surface area contributed by atoms with E-state index in [0.717, 1.165) is 64.2 Å². The van der Waals surface area contributed by atoms with Crippen LogP contribution < -0.4 is 0 Å². The molecule has 0 radical (unpaired) electrons. The Morgan fingerprint density at radius 2 is 0.613 bits per heavy atom. The molecule has 0 aliphatic carbocycles. The van der Waals surface area contributed by atoms with Gasteiger partial charge in [-0.3, -0.25) is 14.4 Å². The van der Waals surface area contributed by atoms with Crippen molar-refractivity contribution in [2.24, 2.45) is 0 Å². The van der Waals surface area contributed by atoms with Crippen LogP contribution in [0, 0.1) is 0 Å². The third-order valence-electron chi connectivity index (χ3n) is 11.9. The molecule has 62 heavy (non-hydrogen) atoms. The van der Waals surface area contributed by atoms with Gasteiger partial charge in [-0.15, -0.1) is 0 Å². The summed E-state index contributed by atoms with van der Waals surface area (Å²) in [6.45, 7) is 6.59. The van der Waals surface area contributed by atoms with Gasteiger partial charge in [0.05, 0.1) is 0 Å². The van der Waals surface area contributed by atoms with Crippen LogP contribution in [-0.4, -0.2) is 37.2 Å². The van der Waals surface area contributed by atoms with Gasteiger partial charge < -0.3 is 14.2 Å². The van der Waals surface area contributed by atoms with Gasteiger partial charge in [0.2, 0.25) is 0 Å². The van der Waals surface area contributed by atoms with Crippen LogP contribution in [0.15, 0.2) is 36.5 Å². The SMILES string of the molecule is CCCCCCCC/C=C\C/C=C\CCC(=O)OC(COC(=O)CCCCC/C=C\CCCCCCCC)COC(=O)CCCCCCCCCCCCCCCCCCCC. The monoisotopic (exact) mass is 871 g/mol.